The van der Waals surface area contributed by atoms with Gasteiger partial charge in [0.25, 0.3) is 5.69 Å². The number of nitro groups is 1. The number of nitro benzene ring substituents is 1. The Hall–Kier alpha value is -2.86. The minimum atomic E-state index is -4.82. The maximum absolute atomic E-state index is 13.1. The van der Waals surface area contributed by atoms with Crippen molar-refractivity contribution in [3.63, 3.8) is 0 Å². The number of hydrogen-bond acceptors (Lipinski definition) is 5. The number of alkyl halides is 3. The Morgan fingerprint density at radius 2 is 1.90 bits per heavy atom. The van der Waals surface area contributed by atoms with E-state index in [0.717, 1.165) is 30.5 Å². The molecule has 0 saturated carbocycles. The van der Waals surface area contributed by atoms with Crippen molar-refractivity contribution in [3.8, 4) is 0 Å². The molecule has 2 aromatic carbocycles. The lowest BCUT2D eigenvalue weighted by atomic mass is 10.1. The van der Waals surface area contributed by atoms with Crippen LogP contribution in [0, 0.1) is 10.1 Å². The molecule has 1 amide bonds. The lowest BCUT2D eigenvalue weighted by molar-refractivity contribution is -0.384. The van der Waals surface area contributed by atoms with Crippen LogP contribution in [0.1, 0.15) is 5.56 Å². The molecule has 13 heteroatoms. The lowest BCUT2D eigenvalue weighted by Gasteiger charge is -2.22. The number of carbonyl (C=O) groups is 1. The van der Waals surface area contributed by atoms with Gasteiger partial charge in [-0.1, -0.05) is 17.7 Å². The van der Waals surface area contributed by atoms with Crippen LogP contribution >= 0.6 is 11.6 Å². The standard InChI is InChI=1S/C16H13ClF3N3O5S/c1-29(27,28)22(11-3-2-4-12(8-11)23(25)26)9-15(24)21-14-6-5-10(17)7-13(14)16(18,19)20/h2-8H,9H2,1H3,(H,21,24). The zero-order valence-electron chi connectivity index (χ0n) is 14.6. The van der Waals surface area contributed by atoms with Crippen molar-refractivity contribution < 1.29 is 31.3 Å². The summed E-state index contributed by atoms with van der Waals surface area (Å²) < 4.78 is 64.0. The molecule has 2 rings (SSSR count). The van der Waals surface area contributed by atoms with Gasteiger partial charge in [0, 0.05) is 17.2 Å². The summed E-state index contributed by atoms with van der Waals surface area (Å²) in [5.41, 5.74) is -2.43. The van der Waals surface area contributed by atoms with Gasteiger partial charge in [-0.3, -0.25) is 19.2 Å². The van der Waals surface area contributed by atoms with Gasteiger partial charge in [0.05, 0.1) is 28.1 Å². The van der Waals surface area contributed by atoms with Crippen LogP contribution in [0.5, 0.6) is 0 Å². The molecule has 0 radical (unpaired) electrons. The fourth-order valence-electron chi connectivity index (χ4n) is 2.34. The minimum Gasteiger partial charge on any atom is -0.324 e. The lowest BCUT2D eigenvalue weighted by Crippen LogP contribution is -2.37. The third kappa shape index (κ3) is 5.81. The highest BCUT2D eigenvalue weighted by atomic mass is 35.5. The number of sulfonamides is 1. The van der Waals surface area contributed by atoms with Gasteiger partial charge in [-0.2, -0.15) is 13.2 Å². The molecule has 8 nitrogen and oxygen atoms in total. The Bertz CT molecular complexity index is 1060. The molecule has 29 heavy (non-hydrogen) atoms. The monoisotopic (exact) mass is 451 g/mol. The summed E-state index contributed by atoms with van der Waals surface area (Å²) in [5.74, 6) is -1.09. The molecule has 2 aromatic rings. The molecule has 0 aliphatic heterocycles. The van der Waals surface area contributed by atoms with E-state index in [2.05, 4.69) is 0 Å². The van der Waals surface area contributed by atoms with E-state index in [1.165, 1.54) is 12.1 Å². The first-order valence-electron chi connectivity index (χ1n) is 7.68. The van der Waals surface area contributed by atoms with Crippen molar-refractivity contribution in [2.24, 2.45) is 0 Å². The second kappa shape index (κ2) is 8.25. The number of rotatable bonds is 6. The van der Waals surface area contributed by atoms with E-state index >= 15 is 0 Å². The summed E-state index contributed by atoms with van der Waals surface area (Å²) in [7, 11) is -4.09. The number of nitrogens with zero attached hydrogens (tertiary/aromatic N) is 2. The van der Waals surface area contributed by atoms with E-state index in [1.54, 1.807) is 0 Å². The molecule has 0 aliphatic rings. The van der Waals surface area contributed by atoms with Crippen LogP contribution in [-0.4, -0.2) is 32.0 Å². The molecular weight excluding hydrogens is 439 g/mol. The topological polar surface area (TPSA) is 110 Å². The van der Waals surface area contributed by atoms with Gasteiger partial charge in [-0.05, 0) is 24.3 Å². The molecule has 1 N–H and O–H groups in total. The van der Waals surface area contributed by atoms with Gasteiger partial charge >= 0.3 is 6.18 Å². The normalized spacial score (nSPS) is 11.8. The minimum absolute atomic E-state index is 0.191. The van der Waals surface area contributed by atoms with Crippen molar-refractivity contribution >= 4 is 44.6 Å². The maximum Gasteiger partial charge on any atom is 0.418 e. The summed E-state index contributed by atoms with van der Waals surface area (Å²) in [6, 6.07) is 7.15. The van der Waals surface area contributed by atoms with Crippen molar-refractivity contribution in [2.45, 2.75) is 6.18 Å². The van der Waals surface area contributed by atoms with Crippen LogP contribution in [0.3, 0.4) is 0 Å². The molecule has 0 atom stereocenters. The smallest absolute Gasteiger partial charge is 0.324 e. The highest BCUT2D eigenvalue weighted by Crippen LogP contribution is 2.36. The van der Waals surface area contributed by atoms with E-state index in [-0.39, 0.29) is 10.7 Å². The number of anilines is 2. The van der Waals surface area contributed by atoms with Crippen LogP contribution in [0.15, 0.2) is 42.5 Å². The Morgan fingerprint density at radius 3 is 2.45 bits per heavy atom. The van der Waals surface area contributed by atoms with Gasteiger partial charge in [0.2, 0.25) is 15.9 Å². The van der Waals surface area contributed by atoms with E-state index in [0.29, 0.717) is 10.4 Å². The second-order valence-corrected chi connectivity index (χ2v) is 8.13. The van der Waals surface area contributed by atoms with Gasteiger partial charge in [0.15, 0.2) is 0 Å². The molecule has 0 fully saturated rings. The first kappa shape index (κ1) is 22.4. The summed E-state index contributed by atoms with van der Waals surface area (Å²) in [6.45, 7) is -0.903. The molecule has 156 valence electrons. The number of benzene rings is 2. The first-order valence-corrected chi connectivity index (χ1v) is 9.90. The number of hydrogen-bond donors (Lipinski definition) is 1. The Morgan fingerprint density at radius 1 is 1.24 bits per heavy atom. The fraction of sp³-hybridized carbons (Fsp3) is 0.188. The van der Waals surface area contributed by atoms with E-state index in [4.69, 9.17) is 11.6 Å². The highest BCUT2D eigenvalue weighted by Gasteiger charge is 2.34. The highest BCUT2D eigenvalue weighted by molar-refractivity contribution is 7.92. The van der Waals surface area contributed by atoms with Crippen molar-refractivity contribution in [2.75, 3.05) is 22.4 Å². The number of halogens is 4. The number of carbonyl (C=O) groups excluding carboxylic acids is 1. The van der Waals surface area contributed by atoms with Crippen LogP contribution < -0.4 is 9.62 Å². The molecule has 0 unspecified atom stereocenters. The first-order chi connectivity index (χ1) is 13.3. The summed E-state index contributed by atoms with van der Waals surface area (Å²) in [5, 5.41) is 12.7. The fourth-order valence-corrected chi connectivity index (χ4v) is 3.36. The summed E-state index contributed by atoms with van der Waals surface area (Å²) >= 11 is 5.57. The number of nitrogens with one attached hydrogen (secondary N) is 1. The zero-order valence-corrected chi connectivity index (χ0v) is 16.2. The maximum atomic E-state index is 13.1. The predicted octanol–water partition coefficient (Wildman–Crippen LogP) is 3.67. The van der Waals surface area contributed by atoms with Gasteiger partial charge in [-0.15, -0.1) is 0 Å². The van der Waals surface area contributed by atoms with Gasteiger partial charge < -0.3 is 5.32 Å². The molecule has 0 bridgehead atoms. The number of non-ortho nitro benzene ring substituents is 1. The Labute approximate surface area is 168 Å². The molecule has 0 heterocycles. The summed E-state index contributed by atoms with van der Waals surface area (Å²) in [4.78, 5) is 22.4. The van der Waals surface area contributed by atoms with E-state index in [9.17, 15) is 36.5 Å². The SMILES string of the molecule is CS(=O)(=O)N(CC(=O)Nc1ccc(Cl)cc1C(F)(F)F)c1cccc([N+](=O)[O-])c1. The van der Waals surface area contributed by atoms with Gasteiger partial charge in [0.1, 0.15) is 6.54 Å². The van der Waals surface area contributed by atoms with Crippen LogP contribution in [-0.2, 0) is 21.0 Å². The molecule has 0 aromatic heterocycles. The Kier molecular flexibility index (Phi) is 6.38. The zero-order chi connectivity index (χ0) is 22.0. The average molecular weight is 452 g/mol. The summed E-state index contributed by atoms with van der Waals surface area (Å²) in [6.07, 6.45) is -4.06. The van der Waals surface area contributed by atoms with Crippen LogP contribution in [0.4, 0.5) is 30.2 Å². The number of amides is 1. The predicted molar refractivity (Wildman–Crippen MR) is 100 cm³/mol. The largest absolute Gasteiger partial charge is 0.418 e. The van der Waals surface area contributed by atoms with Crippen molar-refractivity contribution in [1.29, 1.82) is 0 Å². The van der Waals surface area contributed by atoms with E-state index in [1.807, 2.05) is 5.32 Å². The molecular formula is C16H13ClF3N3O5S. The van der Waals surface area contributed by atoms with Crippen LogP contribution in [0.25, 0.3) is 0 Å². The van der Waals surface area contributed by atoms with Crippen LogP contribution in [0.2, 0.25) is 5.02 Å². The molecule has 0 saturated heterocycles. The third-order valence-electron chi connectivity index (χ3n) is 3.58. The van der Waals surface area contributed by atoms with Gasteiger partial charge in [-0.25, -0.2) is 8.42 Å². The van der Waals surface area contributed by atoms with E-state index < -0.39 is 50.5 Å². The van der Waals surface area contributed by atoms with Crippen molar-refractivity contribution in [1.82, 2.24) is 0 Å². The average Bonchev–Trinajstić information content (AvgIpc) is 2.59. The molecule has 0 aliphatic carbocycles. The third-order valence-corrected chi connectivity index (χ3v) is 4.95. The quantitative estimate of drug-likeness (QED) is 0.532. The van der Waals surface area contributed by atoms with Crippen molar-refractivity contribution in [3.05, 3.63) is 63.2 Å². The second-order valence-electron chi connectivity index (χ2n) is 5.78. The Balaban J connectivity index is 2.34. The molecule has 0 spiro atoms.